The molecule has 0 bridgehead atoms. The molecule has 2 heterocycles. The van der Waals surface area contributed by atoms with Crippen molar-refractivity contribution in [3.8, 4) is 0 Å². The number of hydrogen-bond acceptors (Lipinski definition) is 2. The number of likely N-dealkylation sites (N-methyl/N-ethyl adjacent to an activating group) is 1. The van der Waals surface area contributed by atoms with E-state index in [1.54, 1.807) is 0 Å². The Balaban J connectivity index is 1.70. The van der Waals surface area contributed by atoms with Crippen molar-refractivity contribution in [1.29, 1.82) is 0 Å². The SMILES string of the molecule is CCNCCN1CC=C(c2c[nH]c3ccccc23)CC1. The quantitative estimate of drug-likeness (QED) is 0.818. The standard InChI is InChI=1S/C17H23N3/c1-2-18-9-12-20-10-7-14(8-11-20)16-13-19-17-6-4-3-5-15(16)17/h3-7,13,18-19H,2,8-12H2,1H3. The topological polar surface area (TPSA) is 31.1 Å². The average Bonchev–Trinajstić information content (AvgIpc) is 2.92. The molecule has 0 saturated carbocycles. The van der Waals surface area contributed by atoms with Crippen molar-refractivity contribution in [3.63, 3.8) is 0 Å². The van der Waals surface area contributed by atoms with Gasteiger partial charge in [0.25, 0.3) is 0 Å². The molecule has 0 amide bonds. The van der Waals surface area contributed by atoms with Crippen LogP contribution in [-0.2, 0) is 0 Å². The molecule has 1 aliphatic heterocycles. The van der Waals surface area contributed by atoms with Crippen LogP contribution in [0.25, 0.3) is 16.5 Å². The Kier molecular flexibility index (Phi) is 4.19. The van der Waals surface area contributed by atoms with Crippen LogP contribution < -0.4 is 5.32 Å². The molecule has 1 aromatic carbocycles. The lowest BCUT2D eigenvalue weighted by Crippen LogP contribution is -2.34. The highest BCUT2D eigenvalue weighted by molar-refractivity contribution is 5.92. The number of nitrogens with one attached hydrogen (secondary N) is 2. The number of rotatable bonds is 5. The lowest BCUT2D eigenvalue weighted by Gasteiger charge is -2.26. The average molecular weight is 269 g/mol. The minimum absolute atomic E-state index is 1.06. The highest BCUT2D eigenvalue weighted by Gasteiger charge is 2.14. The minimum atomic E-state index is 1.06. The third kappa shape index (κ3) is 2.79. The molecule has 1 aliphatic rings. The van der Waals surface area contributed by atoms with Crippen LogP contribution in [0.1, 0.15) is 18.9 Å². The van der Waals surface area contributed by atoms with Crippen molar-refractivity contribution in [2.24, 2.45) is 0 Å². The van der Waals surface area contributed by atoms with Gasteiger partial charge < -0.3 is 10.3 Å². The number of benzene rings is 1. The summed E-state index contributed by atoms with van der Waals surface area (Å²) in [7, 11) is 0. The van der Waals surface area contributed by atoms with E-state index in [2.05, 4.69) is 58.7 Å². The fraction of sp³-hybridized carbons (Fsp3) is 0.412. The van der Waals surface area contributed by atoms with Gasteiger partial charge in [0.15, 0.2) is 0 Å². The van der Waals surface area contributed by atoms with Crippen LogP contribution in [0.15, 0.2) is 36.5 Å². The van der Waals surface area contributed by atoms with Gasteiger partial charge in [-0.3, -0.25) is 4.90 Å². The zero-order valence-electron chi connectivity index (χ0n) is 12.2. The van der Waals surface area contributed by atoms with Gasteiger partial charge in [0.05, 0.1) is 0 Å². The van der Waals surface area contributed by atoms with Crippen LogP contribution >= 0.6 is 0 Å². The molecule has 3 heteroatoms. The van der Waals surface area contributed by atoms with Crippen LogP contribution in [0.2, 0.25) is 0 Å². The molecule has 0 radical (unpaired) electrons. The Morgan fingerprint density at radius 1 is 1.30 bits per heavy atom. The van der Waals surface area contributed by atoms with Gasteiger partial charge in [-0.2, -0.15) is 0 Å². The number of aromatic amines is 1. The number of nitrogens with zero attached hydrogens (tertiary/aromatic N) is 1. The summed E-state index contributed by atoms with van der Waals surface area (Å²) in [6, 6.07) is 8.55. The Morgan fingerprint density at radius 3 is 3.00 bits per heavy atom. The molecule has 0 atom stereocenters. The van der Waals surface area contributed by atoms with E-state index < -0.39 is 0 Å². The van der Waals surface area contributed by atoms with E-state index in [-0.39, 0.29) is 0 Å². The summed E-state index contributed by atoms with van der Waals surface area (Å²) in [5, 5.41) is 4.74. The van der Waals surface area contributed by atoms with Gasteiger partial charge in [0.2, 0.25) is 0 Å². The van der Waals surface area contributed by atoms with E-state index in [0.717, 1.165) is 39.1 Å². The van der Waals surface area contributed by atoms with Gasteiger partial charge in [-0.05, 0) is 24.6 Å². The summed E-state index contributed by atoms with van der Waals surface area (Å²) in [6.07, 6.45) is 5.70. The molecule has 1 aromatic heterocycles. The summed E-state index contributed by atoms with van der Waals surface area (Å²) >= 11 is 0. The van der Waals surface area contributed by atoms with Crippen LogP contribution in [0.3, 0.4) is 0 Å². The van der Waals surface area contributed by atoms with Crippen molar-refractivity contribution < 1.29 is 0 Å². The molecule has 3 nitrogen and oxygen atoms in total. The monoisotopic (exact) mass is 269 g/mol. The maximum absolute atomic E-state index is 3.39. The molecular weight excluding hydrogens is 246 g/mol. The lowest BCUT2D eigenvalue weighted by molar-refractivity contribution is 0.301. The minimum Gasteiger partial charge on any atom is -0.361 e. The second-order valence-corrected chi connectivity index (χ2v) is 5.38. The molecule has 0 spiro atoms. The summed E-state index contributed by atoms with van der Waals surface area (Å²) < 4.78 is 0. The first kappa shape index (κ1) is 13.4. The highest BCUT2D eigenvalue weighted by Crippen LogP contribution is 2.28. The van der Waals surface area contributed by atoms with Crippen LogP contribution in [0, 0.1) is 0 Å². The number of hydrogen-bond donors (Lipinski definition) is 2. The first-order chi connectivity index (χ1) is 9.88. The van der Waals surface area contributed by atoms with Crippen LogP contribution in [0.5, 0.6) is 0 Å². The number of H-pyrrole nitrogens is 1. The Morgan fingerprint density at radius 2 is 2.20 bits per heavy atom. The first-order valence-corrected chi connectivity index (χ1v) is 7.57. The molecule has 2 N–H and O–H groups in total. The van der Waals surface area contributed by atoms with E-state index in [1.807, 2.05) is 0 Å². The van der Waals surface area contributed by atoms with Crippen LogP contribution in [-0.4, -0.2) is 42.6 Å². The normalized spacial score (nSPS) is 16.6. The van der Waals surface area contributed by atoms with Crippen molar-refractivity contribution >= 4 is 16.5 Å². The van der Waals surface area contributed by atoms with Gasteiger partial charge in [0, 0.05) is 48.8 Å². The maximum atomic E-state index is 3.39. The van der Waals surface area contributed by atoms with E-state index in [0.29, 0.717) is 0 Å². The summed E-state index contributed by atoms with van der Waals surface area (Å²) in [6.45, 7) is 7.69. The number of aromatic nitrogens is 1. The molecule has 0 unspecified atom stereocenters. The maximum Gasteiger partial charge on any atom is 0.0460 e. The van der Waals surface area contributed by atoms with Crippen LogP contribution in [0.4, 0.5) is 0 Å². The predicted molar refractivity (Wildman–Crippen MR) is 85.9 cm³/mol. The second kappa shape index (κ2) is 6.25. The first-order valence-electron chi connectivity index (χ1n) is 7.57. The fourth-order valence-corrected chi connectivity index (χ4v) is 2.91. The summed E-state index contributed by atoms with van der Waals surface area (Å²) in [5.41, 5.74) is 4.10. The molecule has 0 aliphatic carbocycles. The van der Waals surface area contributed by atoms with Gasteiger partial charge in [-0.15, -0.1) is 0 Å². The molecule has 0 saturated heterocycles. The molecule has 2 aromatic rings. The van der Waals surface area contributed by atoms with E-state index in [9.17, 15) is 0 Å². The van der Waals surface area contributed by atoms with Crippen molar-refractivity contribution in [2.75, 3.05) is 32.7 Å². The van der Waals surface area contributed by atoms with Crippen molar-refractivity contribution in [1.82, 2.24) is 15.2 Å². The molecular formula is C17H23N3. The molecule has 106 valence electrons. The molecule has 3 rings (SSSR count). The fourth-order valence-electron chi connectivity index (χ4n) is 2.91. The van der Waals surface area contributed by atoms with Gasteiger partial charge in [0.1, 0.15) is 0 Å². The highest BCUT2D eigenvalue weighted by atomic mass is 15.1. The van der Waals surface area contributed by atoms with E-state index in [4.69, 9.17) is 0 Å². The molecule has 20 heavy (non-hydrogen) atoms. The Bertz CT molecular complexity index is 597. The summed E-state index contributed by atoms with van der Waals surface area (Å²) in [5.74, 6) is 0. The van der Waals surface area contributed by atoms with Gasteiger partial charge >= 0.3 is 0 Å². The number of fused-ring (bicyclic) bond motifs is 1. The van der Waals surface area contributed by atoms with Crippen molar-refractivity contribution in [2.45, 2.75) is 13.3 Å². The van der Waals surface area contributed by atoms with Gasteiger partial charge in [-0.1, -0.05) is 31.2 Å². The largest absolute Gasteiger partial charge is 0.361 e. The Hall–Kier alpha value is -1.58. The zero-order chi connectivity index (χ0) is 13.8. The third-order valence-corrected chi connectivity index (χ3v) is 4.08. The van der Waals surface area contributed by atoms with E-state index in [1.165, 1.54) is 22.0 Å². The predicted octanol–water partition coefficient (Wildman–Crippen LogP) is 2.87. The van der Waals surface area contributed by atoms with Crippen molar-refractivity contribution in [3.05, 3.63) is 42.1 Å². The lowest BCUT2D eigenvalue weighted by atomic mass is 9.99. The number of para-hydroxylation sites is 1. The Labute approximate surface area is 120 Å². The zero-order valence-corrected chi connectivity index (χ0v) is 12.2. The smallest absolute Gasteiger partial charge is 0.0460 e. The summed E-state index contributed by atoms with van der Waals surface area (Å²) in [4.78, 5) is 5.89. The second-order valence-electron chi connectivity index (χ2n) is 5.38. The van der Waals surface area contributed by atoms with Gasteiger partial charge in [-0.25, -0.2) is 0 Å². The molecule has 0 fully saturated rings. The third-order valence-electron chi connectivity index (χ3n) is 4.08. The van der Waals surface area contributed by atoms with E-state index >= 15 is 0 Å².